The van der Waals surface area contributed by atoms with Crippen LogP contribution in [0.2, 0.25) is 0 Å². The van der Waals surface area contributed by atoms with E-state index in [4.69, 9.17) is 10.2 Å². The number of carboxylic acid groups (broad SMARTS) is 2. The van der Waals surface area contributed by atoms with Gasteiger partial charge < -0.3 is 10.2 Å². The summed E-state index contributed by atoms with van der Waals surface area (Å²) in [5.41, 5.74) is 3.77. The first-order valence-corrected chi connectivity index (χ1v) is 13.7. The van der Waals surface area contributed by atoms with E-state index in [1.165, 1.54) is 75.3 Å². The highest BCUT2D eigenvalue weighted by Crippen LogP contribution is 2.33. The molecule has 0 spiro atoms. The van der Waals surface area contributed by atoms with Crippen LogP contribution in [0.5, 0.6) is 0 Å². The molecule has 2 aliphatic rings. The molecule has 0 aromatic heterocycles. The van der Waals surface area contributed by atoms with Gasteiger partial charge in [-0.3, -0.25) is 14.4 Å². The van der Waals surface area contributed by atoms with E-state index in [-0.39, 0.29) is 24.4 Å². The summed E-state index contributed by atoms with van der Waals surface area (Å²) in [6, 6.07) is 15.3. The van der Waals surface area contributed by atoms with E-state index < -0.39 is 11.9 Å². The zero-order valence-electron chi connectivity index (χ0n) is 21.9. The number of hydrogen-bond donors (Lipinski definition) is 2. The summed E-state index contributed by atoms with van der Waals surface area (Å²) in [5.74, 6) is -1.13. The summed E-state index contributed by atoms with van der Waals surface area (Å²) < 4.78 is 0. The fourth-order valence-electron chi connectivity index (χ4n) is 5.34. The van der Waals surface area contributed by atoms with Crippen molar-refractivity contribution in [1.82, 2.24) is 0 Å². The standard InChI is InChI=1S/C16H20O3.C16H18O3/c2*17-15(10-11-16(18)19)14-8-6-13(7-9-14)12-4-2-1-3-5-12/h6-9,12H,1-5,10-11H2,(H,18,19);6-12H,1-5H2,(H,18,19)/b;11-10+. The predicted molar refractivity (Wildman–Crippen MR) is 147 cm³/mol. The van der Waals surface area contributed by atoms with Crippen molar-refractivity contribution in [3.8, 4) is 0 Å². The smallest absolute Gasteiger partial charge is 0.328 e. The molecule has 0 radical (unpaired) electrons. The Labute approximate surface area is 224 Å². The maximum Gasteiger partial charge on any atom is 0.328 e. The quantitative estimate of drug-likeness (QED) is 0.265. The molecule has 0 aliphatic heterocycles. The van der Waals surface area contributed by atoms with Gasteiger partial charge in [0.2, 0.25) is 0 Å². The van der Waals surface area contributed by atoms with E-state index in [1.54, 1.807) is 12.1 Å². The summed E-state index contributed by atoms with van der Waals surface area (Å²) in [5, 5.41) is 17.1. The summed E-state index contributed by atoms with van der Waals surface area (Å²) in [6.07, 6.45) is 14.7. The van der Waals surface area contributed by atoms with Gasteiger partial charge in [0.05, 0.1) is 6.42 Å². The average Bonchev–Trinajstić information content (AvgIpc) is 2.96. The lowest BCUT2D eigenvalue weighted by Gasteiger charge is -2.22. The van der Waals surface area contributed by atoms with Gasteiger partial charge in [0.25, 0.3) is 0 Å². The molecule has 0 amide bonds. The van der Waals surface area contributed by atoms with Gasteiger partial charge in [0, 0.05) is 23.6 Å². The number of carboxylic acids is 2. The highest BCUT2D eigenvalue weighted by molar-refractivity contribution is 6.06. The molecule has 38 heavy (non-hydrogen) atoms. The molecule has 2 aliphatic carbocycles. The predicted octanol–water partition coefficient (Wildman–Crippen LogP) is 7.34. The number of rotatable bonds is 9. The van der Waals surface area contributed by atoms with Crippen LogP contribution in [0.3, 0.4) is 0 Å². The number of carbonyl (C=O) groups excluding carboxylic acids is 2. The minimum atomic E-state index is -1.10. The van der Waals surface area contributed by atoms with Crippen LogP contribution in [0.1, 0.15) is 121 Å². The lowest BCUT2D eigenvalue weighted by Crippen LogP contribution is -2.06. The van der Waals surface area contributed by atoms with E-state index in [1.807, 2.05) is 36.4 Å². The summed E-state index contributed by atoms with van der Waals surface area (Å²) in [4.78, 5) is 44.3. The molecule has 0 saturated heterocycles. The average molecular weight is 519 g/mol. The van der Waals surface area contributed by atoms with Crippen LogP contribution >= 0.6 is 0 Å². The van der Waals surface area contributed by atoms with Crippen molar-refractivity contribution < 1.29 is 29.4 Å². The van der Waals surface area contributed by atoms with Crippen molar-refractivity contribution >= 4 is 23.5 Å². The Hall–Kier alpha value is -3.54. The number of hydrogen-bond acceptors (Lipinski definition) is 4. The van der Waals surface area contributed by atoms with E-state index in [2.05, 4.69) is 0 Å². The number of aliphatic carboxylic acids is 2. The van der Waals surface area contributed by atoms with Crippen molar-refractivity contribution in [2.24, 2.45) is 0 Å². The fourth-order valence-corrected chi connectivity index (χ4v) is 5.34. The lowest BCUT2D eigenvalue weighted by molar-refractivity contribution is -0.137. The number of benzene rings is 2. The number of allylic oxidation sites excluding steroid dienone is 1. The van der Waals surface area contributed by atoms with Crippen LogP contribution < -0.4 is 0 Å². The first-order valence-electron chi connectivity index (χ1n) is 13.7. The first-order chi connectivity index (χ1) is 18.3. The Morgan fingerprint density at radius 1 is 0.605 bits per heavy atom. The second-order valence-corrected chi connectivity index (χ2v) is 10.3. The maximum absolute atomic E-state index is 11.8. The zero-order valence-corrected chi connectivity index (χ0v) is 21.9. The van der Waals surface area contributed by atoms with Gasteiger partial charge in [0.15, 0.2) is 11.6 Å². The summed E-state index contributed by atoms with van der Waals surface area (Å²) >= 11 is 0. The molecule has 2 fully saturated rings. The van der Waals surface area contributed by atoms with Gasteiger partial charge in [-0.2, -0.15) is 0 Å². The van der Waals surface area contributed by atoms with Gasteiger partial charge in [-0.25, -0.2) is 4.79 Å². The molecule has 0 atom stereocenters. The maximum atomic E-state index is 11.8. The second-order valence-electron chi connectivity index (χ2n) is 10.3. The van der Waals surface area contributed by atoms with Crippen LogP contribution in [-0.2, 0) is 9.59 Å². The Morgan fingerprint density at radius 2 is 1.05 bits per heavy atom. The SMILES string of the molecule is O=C(O)/C=C/C(=O)c1ccc(C2CCCCC2)cc1.O=C(O)CCC(=O)c1ccc(C2CCCCC2)cc1. The summed E-state index contributed by atoms with van der Waals surface area (Å²) in [6.45, 7) is 0. The molecule has 6 heteroatoms. The van der Waals surface area contributed by atoms with Crippen LogP contribution in [0.4, 0.5) is 0 Å². The Bertz CT molecular complexity index is 1100. The largest absolute Gasteiger partial charge is 0.481 e. The fraction of sp³-hybridized carbons (Fsp3) is 0.438. The van der Waals surface area contributed by atoms with E-state index in [0.29, 0.717) is 23.0 Å². The molecule has 2 aromatic carbocycles. The Morgan fingerprint density at radius 3 is 1.47 bits per heavy atom. The topological polar surface area (TPSA) is 109 Å². The third-order valence-electron chi connectivity index (χ3n) is 7.52. The molecule has 6 nitrogen and oxygen atoms in total. The molecule has 202 valence electrons. The first kappa shape index (κ1) is 29.0. The van der Waals surface area contributed by atoms with Gasteiger partial charge >= 0.3 is 11.9 Å². The highest BCUT2D eigenvalue weighted by Gasteiger charge is 2.17. The van der Waals surface area contributed by atoms with Crippen molar-refractivity contribution in [2.75, 3.05) is 0 Å². The number of Topliss-reactive ketones (excluding diaryl/α,β-unsaturated/α-hetero) is 1. The van der Waals surface area contributed by atoms with Crippen LogP contribution in [0.15, 0.2) is 60.7 Å². The molecule has 4 rings (SSSR count). The minimum Gasteiger partial charge on any atom is -0.481 e. The molecular formula is C32H38O6. The van der Waals surface area contributed by atoms with Crippen LogP contribution in [0.25, 0.3) is 0 Å². The molecule has 0 bridgehead atoms. The van der Waals surface area contributed by atoms with Crippen molar-refractivity contribution in [1.29, 1.82) is 0 Å². The van der Waals surface area contributed by atoms with E-state index in [0.717, 1.165) is 12.2 Å². The van der Waals surface area contributed by atoms with Gasteiger partial charge in [0.1, 0.15) is 0 Å². The molecule has 2 N–H and O–H groups in total. The third-order valence-corrected chi connectivity index (χ3v) is 7.52. The van der Waals surface area contributed by atoms with Gasteiger partial charge in [-0.05, 0) is 54.7 Å². The lowest BCUT2D eigenvalue weighted by atomic mass is 9.84. The van der Waals surface area contributed by atoms with Crippen molar-refractivity contribution in [3.05, 3.63) is 82.9 Å². The van der Waals surface area contributed by atoms with Crippen LogP contribution in [-0.4, -0.2) is 33.7 Å². The van der Waals surface area contributed by atoms with Gasteiger partial charge in [-0.15, -0.1) is 0 Å². The van der Waals surface area contributed by atoms with Crippen molar-refractivity contribution in [3.63, 3.8) is 0 Å². The highest BCUT2D eigenvalue weighted by atomic mass is 16.4. The Kier molecular flexibility index (Phi) is 11.5. The normalized spacial score (nSPS) is 16.4. The van der Waals surface area contributed by atoms with Gasteiger partial charge in [-0.1, -0.05) is 87.1 Å². The molecule has 0 heterocycles. The molecule has 2 aromatic rings. The number of carbonyl (C=O) groups is 4. The minimum absolute atomic E-state index is 0.0815. The summed E-state index contributed by atoms with van der Waals surface area (Å²) in [7, 11) is 0. The Balaban J connectivity index is 0.000000211. The monoisotopic (exact) mass is 518 g/mol. The van der Waals surface area contributed by atoms with E-state index in [9.17, 15) is 19.2 Å². The zero-order chi connectivity index (χ0) is 27.3. The van der Waals surface area contributed by atoms with E-state index >= 15 is 0 Å². The number of ketones is 2. The van der Waals surface area contributed by atoms with Crippen molar-refractivity contribution in [2.45, 2.75) is 88.9 Å². The molecule has 0 unspecified atom stereocenters. The second kappa shape index (κ2) is 15.0. The molecule has 2 saturated carbocycles. The molecular weight excluding hydrogens is 480 g/mol. The third kappa shape index (κ3) is 9.40. The van der Waals surface area contributed by atoms with Crippen LogP contribution in [0, 0.1) is 0 Å².